The second-order valence-corrected chi connectivity index (χ2v) is 8.11. The van der Waals surface area contributed by atoms with Gasteiger partial charge in [0.05, 0.1) is 24.9 Å². The molecule has 8 nitrogen and oxygen atoms in total. The predicted octanol–water partition coefficient (Wildman–Crippen LogP) is 1.08. The van der Waals surface area contributed by atoms with Gasteiger partial charge < -0.3 is 14.5 Å². The van der Waals surface area contributed by atoms with E-state index in [0.29, 0.717) is 0 Å². The fraction of sp³-hybridized carbons (Fsp3) is 0.316. The summed E-state index contributed by atoms with van der Waals surface area (Å²) in [5.74, 6) is -0.798. The van der Waals surface area contributed by atoms with E-state index < -0.39 is 21.9 Å². The van der Waals surface area contributed by atoms with Crippen LogP contribution in [-0.4, -0.2) is 61.9 Å². The first-order valence-corrected chi connectivity index (χ1v) is 10.4. The lowest BCUT2D eigenvalue weighted by Crippen LogP contribution is -2.43. The van der Waals surface area contributed by atoms with Crippen LogP contribution < -0.4 is 0 Å². The van der Waals surface area contributed by atoms with Gasteiger partial charge in [-0.25, -0.2) is 8.42 Å². The first-order valence-electron chi connectivity index (χ1n) is 8.78. The number of nitrogens with zero attached hydrogens (tertiary/aromatic N) is 3. The lowest BCUT2D eigenvalue weighted by molar-refractivity contribution is -0.141. The SMILES string of the molecule is COC(=O)CCN(Cc1ccccc1)C(=O)C1=CC=CN2CCS(=O)(=O)N=C12. The van der Waals surface area contributed by atoms with E-state index >= 15 is 0 Å². The molecule has 0 N–H and O–H groups in total. The van der Waals surface area contributed by atoms with Crippen LogP contribution >= 0.6 is 0 Å². The number of amidine groups is 1. The van der Waals surface area contributed by atoms with Crippen molar-refractivity contribution in [2.75, 3.05) is 26.0 Å². The molecular weight excluding hydrogens is 382 g/mol. The summed E-state index contributed by atoms with van der Waals surface area (Å²) in [6.07, 6.45) is 4.97. The Balaban J connectivity index is 1.88. The molecule has 2 aliphatic rings. The standard InChI is InChI=1S/C19H21N3O5S/c1-27-17(23)9-11-22(14-15-6-3-2-4-7-15)19(24)16-8-5-10-21-12-13-28(25,26)20-18(16)21/h2-8,10H,9,11-14H2,1H3. The highest BCUT2D eigenvalue weighted by Crippen LogP contribution is 2.20. The summed E-state index contributed by atoms with van der Waals surface area (Å²) >= 11 is 0. The molecule has 0 atom stereocenters. The molecule has 0 aliphatic carbocycles. The molecule has 1 aromatic carbocycles. The Labute approximate surface area is 163 Å². The molecule has 0 fully saturated rings. The maximum absolute atomic E-state index is 13.2. The van der Waals surface area contributed by atoms with Crippen molar-refractivity contribution >= 4 is 27.7 Å². The third-order valence-corrected chi connectivity index (χ3v) is 5.55. The van der Waals surface area contributed by atoms with Crippen molar-refractivity contribution in [2.24, 2.45) is 4.40 Å². The molecule has 1 amide bonds. The topological polar surface area (TPSA) is 96.4 Å². The summed E-state index contributed by atoms with van der Waals surface area (Å²) < 4.78 is 32.3. The van der Waals surface area contributed by atoms with Gasteiger partial charge in [0.15, 0.2) is 5.84 Å². The van der Waals surface area contributed by atoms with Crippen LogP contribution in [0.1, 0.15) is 12.0 Å². The number of ether oxygens (including phenoxy) is 1. The highest BCUT2D eigenvalue weighted by Gasteiger charge is 2.32. The van der Waals surface area contributed by atoms with Gasteiger partial charge in [0, 0.05) is 25.8 Å². The van der Waals surface area contributed by atoms with Gasteiger partial charge in [-0.3, -0.25) is 9.59 Å². The predicted molar refractivity (Wildman–Crippen MR) is 104 cm³/mol. The average Bonchev–Trinajstić information content (AvgIpc) is 2.70. The number of benzene rings is 1. The molecule has 2 heterocycles. The molecule has 0 aromatic heterocycles. The normalized spacial score (nSPS) is 17.2. The molecule has 2 aliphatic heterocycles. The summed E-state index contributed by atoms with van der Waals surface area (Å²) in [7, 11) is -2.32. The Kier molecular flexibility index (Phi) is 5.93. The maximum atomic E-state index is 13.2. The first-order chi connectivity index (χ1) is 13.4. The van der Waals surface area contributed by atoms with Gasteiger partial charge in [0.25, 0.3) is 15.9 Å². The third kappa shape index (κ3) is 4.66. The quantitative estimate of drug-likeness (QED) is 0.660. The molecule has 0 bridgehead atoms. The zero-order valence-corrected chi connectivity index (χ0v) is 16.3. The largest absolute Gasteiger partial charge is 0.469 e. The summed E-state index contributed by atoms with van der Waals surface area (Å²) in [4.78, 5) is 28.0. The molecule has 148 valence electrons. The van der Waals surface area contributed by atoms with Gasteiger partial charge in [-0.1, -0.05) is 30.3 Å². The number of allylic oxidation sites excluding steroid dienone is 2. The van der Waals surface area contributed by atoms with Gasteiger partial charge in [0.1, 0.15) is 0 Å². The highest BCUT2D eigenvalue weighted by molar-refractivity contribution is 7.90. The smallest absolute Gasteiger partial charge is 0.307 e. The average molecular weight is 403 g/mol. The number of sulfonamides is 1. The van der Waals surface area contributed by atoms with Crippen molar-refractivity contribution in [1.82, 2.24) is 9.80 Å². The number of carbonyl (C=O) groups is 2. The minimum atomic E-state index is -3.61. The van der Waals surface area contributed by atoms with Crippen molar-refractivity contribution < 1.29 is 22.7 Å². The Bertz CT molecular complexity index is 951. The van der Waals surface area contributed by atoms with Crippen LogP contribution in [0.15, 0.2) is 58.7 Å². The Morgan fingerprint density at radius 2 is 2.00 bits per heavy atom. The summed E-state index contributed by atoms with van der Waals surface area (Å²) in [5.41, 5.74) is 1.08. The Hall–Kier alpha value is -2.94. The molecule has 0 saturated carbocycles. The molecule has 28 heavy (non-hydrogen) atoms. The van der Waals surface area contributed by atoms with Crippen molar-refractivity contribution in [3.8, 4) is 0 Å². The van der Waals surface area contributed by atoms with Crippen LogP contribution in [-0.2, 0) is 30.9 Å². The van der Waals surface area contributed by atoms with E-state index in [4.69, 9.17) is 0 Å². The van der Waals surface area contributed by atoms with Crippen molar-refractivity contribution in [2.45, 2.75) is 13.0 Å². The zero-order valence-electron chi connectivity index (χ0n) is 15.4. The maximum Gasteiger partial charge on any atom is 0.307 e. The molecule has 0 spiro atoms. The van der Waals surface area contributed by atoms with Crippen molar-refractivity contribution in [3.05, 3.63) is 59.8 Å². The number of amides is 1. The Morgan fingerprint density at radius 1 is 1.25 bits per heavy atom. The van der Waals surface area contributed by atoms with Crippen LogP contribution in [0.3, 0.4) is 0 Å². The fourth-order valence-corrected chi connectivity index (χ4v) is 3.92. The summed E-state index contributed by atoms with van der Waals surface area (Å²) in [6, 6.07) is 9.35. The van der Waals surface area contributed by atoms with E-state index in [-0.39, 0.29) is 43.2 Å². The van der Waals surface area contributed by atoms with Crippen LogP contribution in [0.5, 0.6) is 0 Å². The lowest BCUT2D eigenvalue weighted by Gasteiger charge is -2.31. The minimum absolute atomic E-state index is 0.0344. The van der Waals surface area contributed by atoms with Gasteiger partial charge in [-0.15, -0.1) is 4.40 Å². The van der Waals surface area contributed by atoms with Crippen LogP contribution in [0, 0.1) is 0 Å². The monoisotopic (exact) mass is 403 g/mol. The number of esters is 1. The number of methoxy groups -OCH3 is 1. The molecular formula is C19H21N3O5S. The molecule has 3 rings (SSSR count). The lowest BCUT2D eigenvalue weighted by atomic mass is 10.1. The van der Waals surface area contributed by atoms with E-state index in [1.807, 2.05) is 30.3 Å². The van der Waals surface area contributed by atoms with E-state index in [1.165, 1.54) is 12.0 Å². The van der Waals surface area contributed by atoms with Crippen molar-refractivity contribution in [1.29, 1.82) is 0 Å². The number of rotatable bonds is 6. The molecule has 0 saturated heterocycles. The summed E-state index contributed by atoms with van der Waals surface area (Å²) in [6.45, 7) is 0.655. The van der Waals surface area contributed by atoms with Crippen LogP contribution in [0.25, 0.3) is 0 Å². The van der Waals surface area contributed by atoms with E-state index in [0.717, 1.165) is 5.56 Å². The first kappa shape index (κ1) is 19.8. The number of hydrogen-bond donors (Lipinski definition) is 0. The van der Waals surface area contributed by atoms with Gasteiger partial charge >= 0.3 is 5.97 Å². The zero-order chi connectivity index (χ0) is 20.1. The van der Waals surface area contributed by atoms with Gasteiger partial charge in [-0.05, 0) is 17.7 Å². The summed E-state index contributed by atoms with van der Waals surface area (Å²) in [5, 5.41) is 0. The third-order valence-electron chi connectivity index (χ3n) is 4.40. The van der Waals surface area contributed by atoms with Crippen LogP contribution in [0.2, 0.25) is 0 Å². The van der Waals surface area contributed by atoms with Gasteiger partial charge in [-0.2, -0.15) is 0 Å². The Morgan fingerprint density at radius 3 is 2.71 bits per heavy atom. The molecule has 0 radical (unpaired) electrons. The number of hydrogen-bond acceptors (Lipinski definition) is 6. The van der Waals surface area contributed by atoms with Gasteiger partial charge in [0.2, 0.25) is 0 Å². The van der Waals surface area contributed by atoms with E-state index in [9.17, 15) is 18.0 Å². The number of carbonyl (C=O) groups excluding carboxylic acids is 2. The second kappa shape index (κ2) is 8.39. The molecule has 1 aromatic rings. The van der Waals surface area contributed by atoms with Crippen molar-refractivity contribution in [3.63, 3.8) is 0 Å². The van der Waals surface area contributed by atoms with E-state index in [1.54, 1.807) is 23.3 Å². The highest BCUT2D eigenvalue weighted by atomic mass is 32.2. The van der Waals surface area contributed by atoms with Crippen LogP contribution in [0.4, 0.5) is 0 Å². The second-order valence-electron chi connectivity index (χ2n) is 6.35. The molecule has 9 heteroatoms. The molecule has 0 unspecified atom stereocenters. The van der Waals surface area contributed by atoms with E-state index in [2.05, 4.69) is 9.13 Å². The number of fused-ring (bicyclic) bond motifs is 1. The minimum Gasteiger partial charge on any atom is -0.469 e. The fourth-order valence-electron chi connectivity index (χ4n) is 2.94.